The number of ether oxygens (including phenoxy) is 1. The van der Waals surface area contributed by atoms with Crippen LogP contribution in [0.3, 0.4) is 0 Å². The minimum absolute atomic E-state index is 0.142. The van der Waals surface area contributed by atoms with Crippen LogP contribution in [0.4, 0.5) is 0 Å². The highest BCUT2D eigenvalue weighted by atomic mass is 16.5. The molecule has 0 bridgehead atoms. The zero-order valence-electron chi connectivity index (χ0n) is 10.8. The first-order valence-electron chi connectivity index (χ1n) is 6.34. The number of nitrogens with one attached hydrogen (secondary N) is 1. The fraction of sp³-hybridized carbons (Fsp3) is 0.357. The standard InChI is InChI=1S/C14H16N2O3/c1-2-19-13(17)9-5-8-12-15-11-7-4-3-6-10(11)14(18)16-12/h3-4,6-7H,2,5,8-9H2,1H3,(H,15,16,18). The molecule has 2 rings (SSSR count). The van der Waals surface area contributed by atoms with E-state index in [1.165, 1.54) is 0 Å². The van der Waals surface area contributed by atoms with Crippen LogP contribution in [-0.2, 0) is 16.0 Å². The number of rotatable bonds is 5. The molecule has 19 heavy (non-hydrogen) atoms. The van der Waals surface area contributed by atoms with Gasteiger partial charge in [0.1, 0.15) is 5.82 Å². The third-order valence-corrected chi connectivity index (χ3v) is 2.76. The molecule has 0 aliphatic rings. The number of para-hydroxylation sites is 1. The van der Waals surface area contributed by atoms with E-state index >= 15 is 0 Å². The van der Waals surface area contributed by atoms with Gasteiger partial charge in [-0.2, -0.15) is 0 Å². The first-order chi connectivity index (χ1) is 9.20. The summed E-state index contributed by atoms with van der Waals surface area (Å²) in [4.78, 5) is 30.1. The predicted molar refractivity (Wildman–Crippen MR) is 71.9 cm³/mol. The monoisotopic (exact) mass is 260 g/mol. The number of H-pyrrole nitrogens is 1. The van der Waals surface area contributed by atoms with Crippen LogP contribution in [0, 0.1) is 0 Å². The lowest BCUT2D eigenvalue weighted by molar-refractivity contribution is -0.143. The second-order valence-corrected chi connectivity index (χ2v) is 4.19. The molecule has 0 aliphatic heterocycles. The molecule has 1 heterocycles. The highest BCUT2D eigenvalue weighted by Crippen LogP contribution is 2.07. The quantitative estimate of drug-likeness (QED) is 0.832. The number of aryl methyl sites for hydroxylation is 1. The lowest BCUT2D eigenvalue weighted by Gasteiger charge is -2.03. The van der Waals surface area contributed by atoms with Crippen LogP contribution < -0.4 is 5.56 Å². The summed E-state index contributed by atoms with van der Waals surface area (Å²) < 4.78 is 4.84. The van der Waals surface area contributed by atoms with Crippen LogP contribution in [0.15, 0.2) is 29.1 Å². The molecule has 2 aromatic rings. The number of hydrogen-bond donors (Lipinski definition) is 1. The molecule has 0 atom stereocenters. The van der Waals surface area contributed by atoms with Crippen molar-refractivity contribution in [2.24, 2.45) is 0 Å². The zero-order valence-corrected chi connectivity index (χ0v) is 10.8. The molecule has 0 spiro atoms. The lowest BCUT2D eigenvalue weighted by Crippen LogP contribution is -2.12. The maximum Gasteiger partial charge on any atom is 0.305 e. The van der Waals surface area contributed by atoms with Gasteiger partial charge in [-0.1, -0.05) is 12.1 Å². The molecule has 0 radical (unpaired) electrons. The van der Waals surface area contributed by atoms with Gasteiger partial charge in [-0.25, -0.2) is 4.98 Å². The molecule has 100 valence electrons. The van der Waals surface area contributed by atoms with Crippen LogP contribution in [0.5, 0.6) is 0 Å². The Morgan fingerprint density at radius 2 is 2.16 bits per heavy atom. The second kappa shape index (κ2) is 6.13. The summed E-state index contributed by atoms with van der Waals surface area (Å²) >= 11 is 0. The fourth-order valence-electron chi connectivity index (χ4n) is 1.89. The van der Waals surface area contributed by atoms with Crippen LogP contribution in [0.1, 0.15) is 25.6 Å². The normalized spacial score (nSPS) is 10.6. The number of hydrogen-bond acceptors (Lipinski definition) is 4. The Bertz CT molecular complexity index is 634. The SMILES string of the molecule is CCOC(=O)CCCc1nc2ccccc2c(=O)[nH]1. The van der Waals surface area contributed by atoms with Crippen molar-refractivity contribution >= 4 is 16.9 Å². The van der Waals surface area contributed by atoms with E-state index in [1.54, 1.807) is 25.1 Å². The summed E-state index contributed by atoms with van der Waals surface area (Å²) in [7, 11) is 0. The largest absolute Gasteiger partial charge is 0.466 e. The van der Waals surface area contributed by atoms with Gasteiger partial charge >= 0.3 is 5.97 Å². The Kier molecular flexibility index (Phi) is 4.28. The molecule has 0 fully saturated rings. The van der Waals surface area contributed by atoms with Crippen molar-refractivity contribution in [2.75, 3.05) is 6.61 Å². The van der Waals surface area contributed by atoms with E-state index in [1.807, 2.05) is 6.07 Å². The molecule has 0 unspecified atom stereocenters. The molecular formula is C14H16N2O3. The van der Waals surface area contributed by atoms with E-state index < -0.39 is 0 Å². The minimum Gasteiger partial charge on any atom is -0.466 e. The highest BCUT2D eigenvalue weighted by molar-refractivity contribution is 5.77. The number of carbonyl (C=O) groups excluding carboxylic acids is 1. The van der Waals surface area contributed by atoms with E-state index in [2.05, 4.69) is 9.97 Å². The van der Waals surface area contributed by atoms with Gasteiger partial charge in [0.25, 0.3) is 5.56 Å². The summed E-state index contributed by atoms with van der Waals surface area (Å²) in [5.74, 6) is 0.388. The topological polar surface area (TPSA) is 72.0 Å². The molecule has 0 aliphatic carbocycles. The first kappa shape index (κ1) is 13.3. The predicted octanol–water partition coefficient (Wildman–Crippen LogP) is 1.81. The minimum atomic E-state index is -0.217. The van der Waals surface area contributed by atoms with Crippen LogP contribution in [-0.4, -0.2) is 22.5 Å². The average Bonchev–Trinajstić information content (AvgIpc) is 2.39. The van der Waals surface area contributed by atoms with E-state index in [9.17, 15) is 9.59 Å². The van der Waals surface area contributed by atoms with Gasteiger partial charge < -0.3 is 9.72 Å². The van der Waals surface area contributed by atoms with Crippen LogP contribution in [0.25, 0.3) is 10.9 Å². The molecule has 1 N–H and O–H groups in total. The Morgan fingerprint density at radius 3 is 2.95 bits per heavy atom. The van der Waals surface area contributed by atoms with Crippen molar-refractivity contribution in [2.45, 2.75) is 26.2 Å². The maximum atomic E-state index is 11.8. The number of aromatic amines is 1. The average molecular weight is 260 g/mol. The van der Waals surface area contributed by atoms with Crippen LogP contribution >= 0.6 is 0 Å². The molecule has 0 saturated carbocycles. The zero-order chi connectivity index (χ0) is 13.7. The summed E-state index contributed by atoms with van der Waals surface area (Å²) in [6, 6.07) is 7.19. The summed E-state index contributed by atoms with van der Waals surface area (Å²) in [5.41, 5.74) is 0.536. The Morgan fingerprint density at radius 1 is 1.37 bits per heavy atom. The Hall–Kier alpha value is -2.17. The van der Waals surface area contributed by atoms with Crippen molar-refractivity contribution in [3.63, 3.8) is 0 Å². The molecule has 0 saturated heterocycles. The number of benzene rings is 1. The van der Waals surface area contributed by atoms with E-state index in [0.29, 0.717) is 42.6 Å². The maximum absolute atomic E-state index is 11.8. The van der Waals surface area contributed by atoms with Crippen molar-refractivity contribution in [3.8, 4) is 0 Å². The molecule has 5 heteroatoms. The molecular weight excluding hydrogens is 244 g/mol. The number of fused-ring (bicyclic) bond motifs is 1. The smallest absolute Gasteiger partial charge is 0.305 e. The summed E-state index contributed by atoms with van der Waals surface area (Å²) in [6.45, 7) is 2.17. The second-order valence-electron chi connectivity index (χ2n) is 4.19. The summed E-state index contributed by atoms with van der Waals surface area (Å²) in [6.07, 6.45) is 1.50. The lowest BCUT2D eigenvalue weighted by atomic mass is 10.2. The number of esters is 1. The van der Waals surface area contributed by atoms with Gasteiger partial charge in [-0.15, -0.1) is 0 Å². The van der Waals surface area contributed by atoms with E-state index in [0.717, 1.165) is 0 Å². The summed E-state index contributed by atoms with van der Waals surface area (Å²) in [5, 5.41) is 0.580. The van der Waals surface area contributed by atoms with Gasteiger partial charge in [-0.05, 0) is 25.5 Å². The fourth-order valence-corrected chi connectivity index (χ4v) is 1.89. The van der Waals surface area contributed by atoms with E-state index in [-0.39, 0.29) is 11.5 Å². The van der Waals surface area contributed by atoms with Crippen molar-refractivity contribution < 1.29 is 9.53 Å². The van der Waals surface area contributed by atoms with Gasteiger partial charge in [0.2, 0.25) is 0 Å². The van der Waals surface area contributed by atoms with Crippen molar-refractivity contribution in [3.05, 3.63) is 40.4 Å². The molecule has 0 amide bonds. The van der Waals surface area contributed by atoms with Crippen molar-refractivity contribution in [1.82, 2.24) is 9.97 Å². The number of carbonyl (C=O) groups is 1. The van der Waals surface area contributed by atoms with Crippen LogP contribution in [0.2, 0.25) is 0 Å². The molecule has 1 aromatic heterocycles. The molecule has 5 nitrogen and oxygen atoms in total. The third-order valence-electron chi connectivity index (χ3n) is 2.76. The van der Waals surface area contributed by atoms with Gasteiger partial charge in [-0.3, -0.25) is 9.59 Å². The first-order valence-corrected chi connectivity index (χ1v) is 6.34. The Balaban J connectivity index is 2.05. The van der Waals surface area contributed by atoms with Gasteiger partial charge in [0.15, 0.2) is 0 Å². The van der Waals surface area contributed by atoms with Crippen molar-refractivity contribution in [1.29, 1.82) is 0 Å². The highest BCUT2D eigenvalue weighted by Gasteiger charge is 2.05. The Labute approximate surface area is 110 Å². The van der Waals surface area contributed by atoms with E-state index in [4.69, 9.17) is 4.74 Å². The van der Waals surface area contributed by atoms with Gasteiger partial charge in [0.05, 0.1) is 17.5 Å². The number of aromatic nitrogens is 2. The van der Waals surface area contributed by atoms with Gasteiger partial charge in [0, 0.05) is 12.8 Å². The third kappa shape index (κ3) is 3.40. The number of nitrogens with zero attached hydrogens (tertiary/aromatic N) is 1. The molecule has 1 aromatic carbocycles.